The number of quaternary nitrogens is 1. The van der Waals surface area contributed by atoms with Crippen molar-refractivity contribution in [1.82, 2.24) is 0 Å². The van der Waals surface area contributed by atoms with Crippen molar-refractivity contribution in [3.63, 3.8) is 0 Å². The second kappa shape index (κ2) is 4.07. The largest absolute Gasteiger partial charge is 0.293 e. The summed E-state index contributed by atoms with van der Waals surface area (Å²) in [5.74, 6) is 0. The Morgan fingerprint density at radius 2 is 1.93 bits per heavy atom. The van der Waals surface area contributed by atoms with Gasteiger partial charge in [0.25, 0.3) is 6.73 Å². The molecule has 0 aliphatic heterocycles. The van der Waals surface area contributed by atoms with E-state index in [0.29, 0.717) is 12.4 Å². The lowest BCUT2D eigenvalue weighted by atomic mass is 10.4. The molecule has 0 N–H and O–H groups in total. The topological polar surface area (TPSA) is 17.5 Å². The van der Waals surface area contributed by atoms with E-state index in [9.17, 15) is 0 Å². The number of rotatable bonds is 3. The maximum absolute atomic E-state index is 6.79. The maximum atomic E-state index is 6.79. The molecule has 0 aliphatic rings. The van der Waals surface area contributed by atoms with E-state index in [2.05, 4.69) is 4.85 Å². The summed E-state index contributed by atoms with van der Waals surface area (Å²) in [5, 5.41) is 0. The van der Waals surface area contributed by atoms with Crippen molar-refractivity contribution in [3.8, 4) is 0 Å². The molecule has 4 nitrogen and oxygen atoms in total. The molecule has 1 heterocycles. The number of hydrogen-bond acceptors (Lipinski definition) is 1. The minimum absolute atomic E-state index is 0.585. The van der Waals surface area contributed by atoms with Gasteiger partial charge < -0.3 is 0 Å². The van der Waals surface area contributed by atoms with E-state index in [1.165, 1.54) is 0 Å². The Hall–Kier alpha value is -1.60. The number of aromatic nitrogens is 1. The molecule has 0 unspecified atom stereocenters. The fourth-order valence-corrected chi connectivity index (χ4v) is 0.805. The fourth-order valence-electron chi connectivity index (χ4n) is 0.805. The van der Waals surface area contributed by atoms with Crippen LogP contribution in [0.5, 0.6) is 0 Å². The molecule has 1 aromatic heterocycles. The van der Waals surface area contributed by atoms with Crippen molar-refractivity contribution in [3.05, 3.63) is 35.9 Å². The predicted molar refractivity (Wildman–Crippen MR) is 52.4 cm³/mol. The molecule has 0 bridgehead atoms. The van der Waals surface area contributed by atoms with Gasteiger partial charge in [-0.05, 0) is 0 Å². The van der Waals surface area contributed by atoms with Gasteiger partial charge in [-0.15, -0.1) is 0 Å². The van der Waals surface area contributed by atoms with Crippen LogP contribution in [-0.2, 0) is 0 Å². The highest BCUT2D eigenvalue weighted by Crippen LogP contribution is 2.05. The minimum atomic E-state index is 0.585. The van der Waals surface area contributed by atoms with Crippen LogP contribution in [0.4, 0.5) is 5.69 Å². The highest BCUT2D eigenvalue weighted by Gasteiger charge is 2.11. The van der Waals surface area contributed by atoms with Gasteiger partial charge in [0.1, 0.15) is 0 Å². The molecule has 0 fully saturated rings. The van der Waals surface area contributed by atoms with Crippen LogP contribution >= 0.6 is 0 Å². The highest BCUT2D eigenvalue weighted by molar-refractivity contribution is 5.40. The van der Waals surface area contributed by atoms with Gasteiger partial charge in [-0.25, -0.2) is 9.68 Å². The average Bonchev–Trinajstić information content (AvgIpc) is 2.14. The van der Waals surface area contributed by atoms with Gasteiger partial charge in [-0.3, -0.25) is 4.48 Å². The molecule has 74 valence electrons. The molecule has 0 atom stereocenters. The first-order valence-electron chi connectivity index (χ1n) is 4.34. The van der Waals surface area contributed by atoms with Crippen LogP contribution in [0.25, 0.3) is 4.85 Å². The summed E-state index contributed by atoms with van der Waals surface area (Å²) in [6, 6.07) is 3.45. The van der Waals surface area contributed by atoms with E-state index in [1.807, 2.05) is 21.1 Å². The zero-order chi connectivity index (χ0) is 10.6. The zero-order valence-corrected chi connectivity index (χ0v) is 8.77. The van der Waals surface area contributed by atoms with Crippen LogP contribution < -0.4 is 9.57 Å². The lowest BCUT2D eigenvalue weighted by Crippen LogP contribution is -2.51. The normalized spacial score (nSPS) is 10.7. The first kappa shape index (κ1) is 10.5. The summed E-state index contributed by atoms with van der Waals surface area (Å²) in [4.78, 5) is 8.75. The van der Waals surface area contributed by atoms with E-state index < -0.39 is 0 Å². The molecular formula is C10H15N3O+2. The van der Waals surface area contributed by atoms with E-state index in [0.717, 1.165) is 4.48 Å². The van der Waals surface area contributed by atoms with Crippen molar-refractivity contribution in [2.75, 3.05) is 27.9 Å². The number of pyridine rings is 1. The molecule has 0 saturated heterocycles. The predicted octanol–water partition coefficient (Wildman–Crippen LogP) is 0.617. The molecule has 0 spiro atoms. The SMILES string of the molecule is [C-]#[N+]c1cc[n+](OC[N+](C)(C)C)cc1. The molecule has 0 aromatic carbocycles. The Bertz CT molecular complexity index is 332. The molecule has 0 aliphatic carbocycles. The molecule has 0 radical (unpaired) electrons. The van der Waals surface area contributed by atoms with Gasteiger partial charge in [-0.1, -0.05) is 0 Å². The lowest BCUT2D eigenvalue weighted by Gasteiger charge is -2.19. The zero-order valence-electron chi connectivity index (χ0n) is 8.77. The van der Waals surface area contributed by atoms with Crippen molar-refractivity contribution >= 4 is 5.69 Å². The number of nitrogens with zero attached hydrogens (tertiary/aromatic N) is 3. The van der Waals surface area contributed by atoms with Crippen molar-refractivity contribution in [2.24, 2.45) is 0 Å². The second-order valence-electron chi connectivity index (χ2n) is 4.08. The summed E-state index contributed by atoms with van der Waals surface area (Å²) >= 11 is 0. The Kier molecular flexibility index (Phi) is 3.05. The molecule has 4 heteroatoms. The van der Waals surface area contributed by atoms with Crippen molar-refractivity contribution in [1.29, 1.82) is 0 Å². The maximum Gasteiger partial charge on any atom is 0.287 e. The van der Waals surface area contributed by atoms with Crippen LogP contribution in [0.1, 0.15) is 0 Å². The molecule has 14 heavy (non-hydrogen) atoms. The summed E-state index contributed by atoms with van der Waals surface area (Å²) in [6.07, 6.45) is 3.48. The van der Waals surface area contributed by atoms with E-state index in [-0.39, 0.29) is 0 Å². The molecule has 0 amide bonds. The number of hydrogen-bond donors (Lipinski definition) is 0. The third-order valence-electron chi connectivity index (χ3n) is 1.51. The highest BCUT2D eigenvalue weighted by atomic mass is 16.7. The summed E-state index contributed by atoms with van der Waals surface area (Å²) in [5.41, 5.74) is 0.620. The molecule has 1 rings (SSSR count). The van der Waals surface area contributed by atoms with Crippen molar-refractivity contribution in [2.45, 2.75) is 0 Å². The van der Waals surface area contributed by atoms with Crippen LogP contribution in [-0.4, -0.2) is 32.4 Å². The monoisotopic (exact) mass is 193 g/mol. The van der Waals surface area contributed by atoms with Gasteiger partial charge in [0, 0.05) is 16.9 Å². The Morgan fingerprint density at radius 3 is 2.36 bits per heavy atom. The van der Waals surface area contributed by atoms with Crippen molar-refractivity contribution < 1.29 is 14.1 Å². The van der Waals surface area contributed by atoms with E-state index >= 15 is 0 Å². The van der Waals surface area contributed by atoms with Gasteiger partial charge in [0.15, 0.2) is 5.69 Å². The standard InChI is InChI=1S/C10H15N3O/c1-11-10-5-7-12(8-6-10)14-9-13(2,3)4/h5-8H,9H2,2-4H3/q+2. The summed E-state index contributed by atoms with van der Waals surface area (Å²) in [7, 11) is 6.15. The Labute approximate surface area is 84.3 Å². The molecular weight excluding hydrogens is 178 g/mol. The summed E-state index contributed by atoms with van der Waals surface area (Å²) < 4.78 is 2.34. The third kappa shape index (κ3) is 3.42. The third-order valence-corrected chi connectivity index (χ3v) is 1.51. The van der Waals surface area contributed by atoms with E-state index in [4.69, 9.17) is 11.4 Å². The second-order valence-corrected chi connectivity index (χ2v) is 4.08. The van der Waals surface area contributed by atoms with Gasteiger partial charge in [0.2, 0.25) is 12.4 Å². The van der Waals surface area contributed by atoms with Gasteiger partial charge in [-0.2, -0.15) is 0 Å². The van der Waals surface area contributed by atoms with E-state index in [1.54, 1.807) is 29.3 Å². The fraction of sp³-hybridized carbons (Fsp3) is 0.400. The first-order valence-corrected chi connectivity index (χ1v) is 4.34. The summed E-state index contributed by atoms with van der Waals surface area (Å²) in [6.45, 7) is 7.37. The molecule has 0 saturated carbocycles. The van der Waals surface area contributed by atoms with Crippen LogP contribution in [0.2, 0.25) is 0 Å². The van der Waals surface area contributed by atoms with Crippen LogP contribution in [0.3, 0.4) is 0 Å². The quantitative estimate of drug-likeness (QED) is 0.298. The Morgan fingerprint density at radius 1 is 1.36 bits per heavy atom. The first-order chi connectivity index (χ1) is 6.51. The van der Waals surface area contributed by atoms with Crippen LogP contribution in [0, 0.1) is 6.57 Å². The molecule has 1 aromatic rings. The Balaban J connectivity index is 2.58. The van der Waals surface area contributed by atoms with Crippen LogP contribution in [0.15, 0.2) is 24.5 Å². The smallest absolute Gasteiger partial charge is 0.287 e. The van der Waals surface area contributed by atoms with Gasteiger partial charge >= 0.3 is 0 Å². The lowest BCUT2D eigenvalue weighted by molar-refractivity contribution is -0.986. The minimum Gasteiger partial charge on any atom is -0.293 e. The van der Waals surface area contributed by atoms with Gasteiger partial charge in [0.05, 0.1) is 27.7 Å². The average molecular weight is 193 g/mol.